The van der Waals surface area contributed by atoms with Crippen LogP contribution in [0.1, 0.15) is 0 Å². The molecule has 3 aromatic rings. The number of anilines is 1. The number of nitrogens with zero attached hydrogens (tertiary/aromatic N) is 3. The molecular formula is C18H20N4O3S. The zero-order chi connectivity index (χ0) is 18.1. The number of nitrogens with one attached hydrogen (secondary N) is 1. The average molecular weight is 372 g/mol. The predicted octanol–water partition coefficient (Wildman–Crippen LogP) is 1.69. The molecule has 7 nitrogen and oxygen atoms in total. The normalized spacial score (nSPS) is 15.3. The highest BCUT2D eigenvalue weighted by atomic mass is 32.2. The van der Waals surface area contributed by atoms with Gasteiger partial charge in [0.25, 0.3) is 10.0 Å². The molecule has 2 aromatic carbocycles. The first-order valence-electron chi connectivity index (χ1n) is 8.43. The second kappa shape index (κ2) is 6.62. The number of piperazine rings is 1. The number of hydrogen-bond acceptors (Lipinski definition) is 6. The molecule has 0 atom stereocenters. The Morgan fingerprint density at radius 2 is 1.92 bits per heavy atom. The number of benzene rings is 2. The Labute approximate surface area is 152 Å². The lowest BCUT2D eigenvalue weighted by atomic mass is 10.2. The lowest BCUT2D eigenvalue weighted by molar-refractivity contribution is 0.413. The fourth-order valence-corrected chi connectivity index (χ4v) is 4.46. The summed E-state index contributed by atoms with van der Waals surface area (Å²) in [6, 6.07) is 12.2. The Morgan fingerprint density at radius 3 is 2.69 bits per heavy atom. The fourth-order valence-electron chi connectivity index (χ4n) is 3.16. The molecule has 0 unspecified atom stereocenters. The molecule has 1 saturated heterocycles. The van der Waals surface area contributed by atoms with E-state index in [4.69, 9.17) is 4.74 Å². The molecule has 26 heavy (non-hydrogen) atoms. The van der Waals surface area contributed by atoms with E-state index in [1.54, 1.807) is 24.4 Å². The largest absolute Gasteiger partial charge is 0.497 e. The topological polar surface area (TPSA) is 76.5 Å². The van der Waals surface area contributed by atoms with Gasteiger partial charge in [-0.1, -0.05) is 6.07 Å². The van der Waals surface area contributed by atoms with Gasteiger partial charge in [0.05, 0.1) is 23.7 Å². The van der Waals surface area contributed by atoms with E-state index in [2.05, 4.69) is 15.3 Å². The van der Waals surface area contributed by atoms with Gasteiger partial charge in [0.2, 0.25) is 0 Å². The Bertz CT molecular complexity index is 1040. The lowest BCUT2D eigenvalue weighted by Crippen LogP contribution is -2.43. The molecule has 1 aliphatic heterocycles. The summed E-state index contributed by atoms with van der Waals surface area (Å²) in [6.45, 7) is 3.61. The summed E-state index contributed by atoms with van der Waals surface area (Å²) in [7, 11) is -2.30. The fraction of sp³-hybridized carbons (Fsp3) is 0.278. The summed E-state index contributed by atoms with van der Waals surface area (Å²) in [5, 5.41) is 8.25. The SMILES string of the molecule is COc1cccc(S(=O)(=O)n2ncc3ccc(N4CCNCC4)cc32)c1. The molecule has 0 radical (unpaired) electrons. The molecular weight excluding hydrogens is 352 g/mol. The van der Waals surface area contributed by atoms with Crippen molar-refractivity contribution in [2.75, 3.05) is 38.2 Å². The molecule has 2 heterocycles. The molecule has 1 aromatic heterocycles. The first kappa shape index (κ1) is 16.9. The molecule has 0 spiro atoms. The van der Waals surface area contributed by atoms with Crippen LogP contribution < -0.4 is 15.0 Å². The van der Waals surface area contributed by atoms with Crippen LogP contribution >= 0.6 is 0 Å². The molecule has 0 aliphatic carbocycles. The quantitative estimate of drug-likeness (QED) is 0.751. The third-order valence-corrected chi connectivity index (χ3v) is 6.17. The molecule has 136 valence electrons. The van der Waals surface area contributed by atoms with Crippen molar-refractivity contribution in [3.63, 3.8) is 0 Å². The number of aromatic nitrogens is 2. The zero-order valence-electron chi connectivity index (χ0n) is 14.4. The van der Waals surface area contributed by atoms with E-state index in [1.807, 2.05) is 18.2 Å². The number of fused-ring (bicyclic) bond motifs is 1. The van der Waals surface area contributed by atoms with Crippen molar-refractivity contribution in [2.24, 2.45) is 0 Å². The molecule has 8 heteroatoms. The third-order valence-electron chi connectivity index (χ3n) is 4.57. The number of rotatable bonds is 4. The van der Waals surface area contributed by atoms with E-state index < -0.39 is 10.0 Å². The van der Waals surface area contributed by atoms with Gasteiger partial charge in [-0.25, -0.2) is 0 Å². The summed E-state index contributed by atoms with van der Waals surface area (Å²) < 4.78 is 32.4. The maximum atomic E-state index is 13.1. The van der Waals surface area contributed by atoms with Gasteiger partial charge in [0.15, 0.2) is 0 Å². The molecule has 0 bridgehead atoms. The van der Waals surface area contributed by atoms with Gasteiger partial charge in [0, 0.05) is 43.3 Å². The van der Waals surface area contributed by atoms with Gasteiger partial charge in [0.1, 0.15) is 5.75 Å². The lowest BCUT2D eigenvalue weighted by Gasteiger charge is -2.29. The van der Waals surface area contributed by atoms with Gasteiger partial charge in [-0.3, -0.25) is 0 Å². The van der Waals surface area contributed by atoms with Gasteiger partial charge >= 0.3 is 0 Å². The van der Waals surface area contributed by atoms with Crippen molar-refractivity contribution >= 4 is 26.6 Å². The molecule has 1 aliphatic rings. The average Bonchev–Trinajstić information content (AvgIpc) is 3.12. The van der Waals surface area contributed by atoms with E-state index in [1.165, 1.54) is 13.2 Å². The maximum absolute atomic E-state index is 13.1. The standard InChI is InChI=1S/C18H20N4O3S/c1-25-16-3-2-4-17(12-16)26(23,24)22-18-11-15(6-5-14(18)13-20-22)21-9-7-19-8-10-21/h2-6,11-13,19H,7-10H2,1H3. The highest BCUT2D eigenvalue weighted by molar-refractivity contribution is 7.90. The smallest absolute Gasteiger partial charge is 0.283 e. The van der Waals surface area contributed by atoms with Crippen LogP contribution in [-0.4, -0.2) is 50.9 Å². The minimum atomic E-state index is -3.81. The summed E-state index contributed by atoms with van der Waals surface area (Å²) in [5.74, 6) is 0.490. The van der Waals surface area contributed by atoms with E-state index >= 15 is 0 Å². The zero-order valence-corrected chi connectivity index (χ0v) is 15.2. The number of methoxy groups -OCH3 is 1. The first-order valence-corrected chi connectivity index (χ1v) is 9.87. The molecule has 4 rings (SSSR count). The minimum absolute atomic E-state index is 0.148. The van der Waals surface area contributed by atoms with E-state index in [-0.39, 0.29) is 4.90 Å². The van der Waals surface area contributed by atoms with Gasteiger partial charge < -0.3 is 15.0 Å². The highest BCUT2D eigenvalue weighted by Crippen LogP contribution is 2.26. The predicted molar refractivity (Wildman–Crippen MR) is 100 cm³/mol. The molecule has 0 saturated carbocycles. The Kier molecular flexibility index (Phi) is 4.29. The van der Waals surface area contributed by atoms with Gasteiger partial charge in [-0.15, -0.1) is 0 Å². The van der Waals surface area contributed by atoms with Crippen molar-refractivity contribution in [3.8, 4) is 5.75 Å². The van der Waals surface area contributed by atoms with Crippen LogP contribution in [0.3, 0.4) is 0 Å². The summed E-state index contributed by atoms with van der Waals surface area (Å²) in [6.07, 6.45) is 1.58. The van der Waals surface area contributed by atoms with Crippen molar-refractivity contribution in [1.29, 1.82) is 0 Å². The second-order valence-corrected chi connectivity index (χ2v) is 7.92. The molecule has 1 fully saturated rings. The van der Waals surface area contributed by atoms with Crippen LogP contribution in [0, 0.1) is 0 Å². The van der Waals surface area contributed by atoms with Crippen LogP contribution in [0.4, 0.5) is 5.69 Å². The maximum Gasteiger partial charge on any atom is 0.283 e. The Balaban J connectivity index is 1.80. The van der Waals surface area contributed by atoms with Crippen LogP contribution in [0.5, 0.6) is 5.75 Å². The number of ether oxygens (including phenoxy) is 1. The van der Waals surface area contributed by atoms with Crippen LogP contribution in [0.25, 0.3) is 10.9 Å². The van der Waals surface area contributed by atoms with Gasteiger partial charge in [-0.05, 0) is 30.3 Å². The monoisotopic (exact) mass is 372 g/mol. The van der Waals surface area contributed by atoms with Crippen LogP contribution in [0.15, 0.2) is 53.6 Å². The summed E-state index contributed by atoms with van der Waals surface area (Å²) >= 11 is 0. The highest BCUT2D eigenvalue weighted by Gasteiger charge is 2.22. The van der Waals surface area contributed by atoms with Crippen molar-refractivity contribution in [3.05, 3.63) is 48.7 Å². The van der Waals surface area contributed by atoms with Crippen molar-refractivity contribution in [2.45, 2.75) is 4.90 Å². The Morgan fingerprint density at radius 1 is 1.12 bits per heavy atom. The van der Waals surface area contributed by atoms with E-state index in [9.17, 15) is 8.42 Å². The number of hydrogen-bond donors (Lipinski definition) is 1. The van der Waals surface area contributed by atoms with Crippen LogP contribution in [0.2, 0.25) is 0 Å². The van der Waals surface area contributed by atoms with Crippen LogP contribution in [-0.2, 0) is 10.0 Å². The third kappa shape index (κ3) is 2.91. The summed E-state index contributed by atoms with van der Waals surface area (Å²) in [5.41, 5.74) is 1.57. The molecule has 0 amide bonds. The Hall–Kier alpha value is -2.58. The van der Waals surface area contributed by atoms with Crippen molar-refractivity contribution in [1.82, 2.24) is 14.5 Å². The first-order chi connectivity index (χ1) is 12.6. The molecule has 1 N–H and O–H groups in total. The second-order valence-electron chi connectivity index (χ2n) is 6.15. The van der Waals surface area contributed by atoms with E-state index in [0.717, 1.165) is 41.3 Å². The van der Waals surface area contributed by atoms with Gasteiger partial charge in [-0.2, -0.15) is 17.6 Å². The van der Waals surface area contributed by atoms with Crippen molar-refractivity contribution < 1.29 is 13.2 Å². The summed E-state index contributed by atoms with van der Waals surface area (Å²) in [4.78, 5) is 2.39. The van der Waals surface area contributed by atoms with E-state index in [0.29, 0.717) is 11.3 Å². The minimum Gasteiger partial charge on any atom is -0.497 e.